The summed E-state index contributed by atoms with van der Waals surface area (Å²) in [7, 11) is 0. The Bertz CT molecular complexity index is 490. The van der Waals surface area contributed by atoms with E-state index in [-0.39, 0.29) is 12.1 Å². The van der Waals surface area contributed by atoms with Crippen LogP contribution in [0.25, 0.3) is 0 Å². The predicted octanol–water partition coefficient (Wildman–Crippen LogP) is 0.454. The Morgan fingerprint density at radius 2 is 2.30 bits per heavy atom. The summed E-state index contributed by atoms with van der Waals surface area (Å²) in [6.07, 6.45) is 1.71. The number of carbonyl (C=O) groups excluding carboxylic acids is 1. The van der Waals surface area contributed by atoms with Gasteiger partial charge < -0.3 is 19.9 Å². The van der Waals surface area contributed by atoms with Crippen molar-refractivity contribution in [2.45, 2.75) is 40.0 Å². The fraction of sp³-hybridized carbons (Fsp3) is 0.800. The number of rotatable bonds is 7. The molecule has 130 valence electrons. The summed E-state index contributed by atoms with van der Waals surface area (Å²) in [4.78, 5) is 14.3. The molecule has 2 heterocycles. The molecule has 0 aromatic carbocycles. The fourth-order valence-corrected chi connectivity index (χ4v) is 2.69. The quantitative estimate of drug-likeness (QED) is 0.761. The lowest BCUT2D eigenvalue weighted by Crippen LogP contribution is -2.49. The number of ether oxygens (including phenoxy) is 1. The molecule has 1 aromatic rings. The molecule has 0 saturated carbocycles. The summed E-state index contributed by atoms with van der Waals surface area (Å²) < 4.78 is 7.61. The monoisotopic (exact) mass is 324 g/mol. The summed E-state index contributed by atoms with van der Waals surface area (Å²) in [6, 6.07) is -0.208. The van der Waals surface area contributed by atoms with E-state index < -0.39 is 0 Å². The molecule has 1 unspecified atom stereocenters. The van der Waals surface area contributed by atoms with E-state index in [4.69, 9.17) is 4.74 Å². The molecule has 0 bridgehead atoms. The average Bonchev–Trinajstić information content (AvgIpc) is 2.98. The first kappa shape index (κ1) is 17.7. The van der Waals surface area contributed by atoms with Crippen molar-refractivity contribution >= 4 is 6.03 Å². The topological polar surface area (TPSA) is 84.3 Å². The highest BCUT2D eigenvalue weighted by molar-refractivity contribution is 5.73. The molecule has 23 heavy (non-hydrogen) atoms. The van der Waals surface area contributed by atoms with Gasteiger partial charge in [0.2, 0.25) is 0 Å². The second-order valence-corrected chi connectivity index (χ2v) is 6.24. The van der Waals surface area contributed by atoms with Crippen LogP contribution in [0.3, 0.4) is 0 Å². The first-order valence-corrected chi connectivity index (χ1v) is 8.30. The summed E-state index contributed by atoms with van der Waals surface area (Å²) in [6.45, 7) is 11.7. The van der Waals surface area contributed by atoms with Gasteiger partial charge in [0.25, 0.3) is 0 Å². The Kier molecular flexibility index (Phi) is 6.79. The van der Waals surface area contributed by atoms with Crippen molar-refractivity contribution in [2.24, 2.45) is 5.92 Å². The lowest BCUT2D eigenvalue weighted by atomic mass is 10.2. The molecule has 0 spiro atoms. The SMILES string of the molecule is CCn1cnnc1CNC(=O)NCC1CN(CC(C)C)CCO1. The maximum atomic E-state index is 11.9. The molecule has 8 heteroatoms. The molecule has 1 aliphatic rings. The zero-order chi connectivity index (χ0) is 16.7. The van der Waals surface area contributed by atoms with Gasteiger partial charge in [0, 0.05) is 32.7 Å². The summed E-state index contributed by atoms with van der Waals surface area (Å²) >= 11 is 0. The van der Waals surface area contributed by atoms with E-state index in [9.17, 15) is 4.79 Å². The maximum Gasteiger partial charge on any atom is 0.315 e. The molecular weight excluding hydrogens is 296 g/mol. The van der Waals surface area contributed by atoms with Crippen LogP contribution in [0.5, 0.6) is 0 Å². The summed E-state index contributed by atoms with van der Waals surface area (Å²) in [5.74, 6) is 1.39. The number of aromatic nitrogens is 3. The van der Waals surface area contributed by atoms with Gasteiger partial charge >= 0.3 is 6.03 Å². The lowest BCUT2D eigenvalue weighted by molar-refractivity contribution is -0.0290. The lowest BCUT2D eigenvalue weighted by Gasteiger charge is -2.33. The van der Waals surface area contributed by atoms with Crippen molar-refractivity contribution in [3.8, 4) is 0 Å². The molecule has 0 aliphatic carbocycles. The van der Waals surface area contributed by atoms with E-state index in [1.54, 1.807) is 6.33 Å². The number of urea groups is 1. The fourth-order valence-electron chi connectivity index (χ4n) is 2.69. The molecule has 1 aromatic heterocycles. The van der Waals surface area contributed by atoms with Crippen LogP contribution in [0.2, 0.25) is 0 Å². The minimum atomic E-state index is -0.208. The number of nitrogens with one attached hydrogen (secondary N) is 2. The number of hydrogen-bond donors (Lipinski definition) is 2. The number of hydrogen-bond acceptors (Lipinski definition) is 5. The largest absolute Gasteiger partial charge is 0.374 e. The molecule has 1 atom stereocenters. The van der Waals surface area contributed by atoms with Gasteiger partial charge in [0.15, 0.2) is 5.82 Å². The Hall–Kier alpha value is -1.67. The Morgan fingerprint density at radius 3 is 3.04 bits per heavy atom. The van der Waals surface area contributed by atoms with Gasteiger partial charge in [-0.3, -0.25) is 4.90 Å². The molecule has 8 nitrogen and oxygen atoms in total. The number of nitrogens with zero attached hydrogens (tertiary/aromatic N) is 4. The van der Waals surface area contributed by atoms with Crippen molar-refractivity contribution in [1.29, 1.82) is 0 Å². The minimum absolute atomic E-state index is 0.0487. The van der Waals surface area contributed by atoms with Gasteiger partial charge in [-0.25, -0.2) is 4.79 Å². The number of aryl methyl sites for hydroxylation is 1. The Balaban J connectivity index is 1.67. The van der Waals surface area contributed by atoms with Crippen LogP contribution in [-0.4, -0.2) is 64.6 Å². The zero-order valence-corrected chi connectivity index (χ0v) is 14.3. The molecule has 0 radical (unpaired) electrons. The van der Waals surface area contributed by atoms with E-state index >= 15 is 0 Å². The van der Waals surface area contributed by atoms with Crippen LogP contribution in [0.1, 0.15) is 26.6 Å². The predicted molar refractivity (Wildman–Crippen MR) is 87.0 cm³/mol. The first-order valence-electron chi connectivity index (χ1n) is 8.30. The molecule has 2 N–H and O–H groups in total. The molecule has 2 rings (SSSR count). The highest BCUT2D eigenvalue weighted by Gasteiger charge is 2.21. The van der Waals surface area contributed by atoms with Crippen LogP contribution in [-0.2, 0) is 17.8 Å². The number of amides is 2. The maximum absolute atomic E-state index is 11.9. The Morgan fingerprint density at radius 1 is 1.48 bits per heavy atom. The number of carbonyl (C=O) groups is 1. The van der Waals surface area contributed by atoms with Gasteiger partial charge in [0.05, 0.1) is 19.3 Å². The van der Waals surface area contributed by atoms with Crippen LogP contribution in [0.4, 0.5) is 4.79 Å². The smallest absolute Gasteiger partial charge is 0.315 e. The van der Waals surface area contributed by atoms with Crippen molar-refractivity contribution in [3.05, 3.63) is 12.2 Å². The first-order chi connectivity index (χ1) is 11.1. The third-order valence-electron chi connectivity index (χ3n) is 3.78. The van der Waals surface area contributed by atoms with Gasteiger partial charge in [-0.15, -0.1) is 10.2 Å². The van der Waals surface area contributed by atoms with Gasteiger partial charge in [-0.2, -0.15) is 0 Å². The van der Waals surface area contributed by atoms with Crippen LogP contribution >= 0.6 is 0 Å². The highest BCUT2D eigenvalue weighted by atomic mass is 16.5. The molecule has 1 fully saturated rings. The summed E-state index contributed by atoms with van der Waals surface area (Å²) in [5.41, 5.74) is 0. The van der Waals surface area contributed by atoms with E-state index in [0.29, 0.717) is 19.0 Å². The standard InChI is InChI=1S/C15H28N6O2/c1-4-21-11-18-19-14(21)8-17-15(22)16-7-13-10-20(5-6-23-13)9-12(2)3/h11-13H,4-10H2,1-3H3,(H2,16,17,22). The highest BCUT2D eigenvalue weighted by Crippen LogP contribution is 2.07. The molecular formula is C15H28N6O2. The van der Waals surface area contributed by atoms with E-state index in [1.807, 2.05) is 11.5 Å². The minimum Gasteiger partial charge on any atom is -0.374 e. The van der Waals surface area contributed by atoms with Crippen LogP contribution in [0.15, 0.2) is 6.33 Å². The Labute approximate surface area is 137 Å². The van der Waals surface area contributed by atoms with Crippen molar-refractivity contribution < 1.29 is 9.53 Å². The van der Waals surface area contributed by atoms with Gasteiger partial charge in [-0.1, -0.05) is 13.8 Å². The van der Waals surface area contributed by atoms with Crippen LogP contribution < -0.4 is 10.6 Å². The third-order valence-corrected chi connectivity index (χ3v) is 3.78. The summed E-state index contributed by atoms with van der Waals surface area (Å²) in [5, 5.41) is 13.5. The van der Waals surface area contributed by atoms with Crippen molar-refractivity contribution in [1.82, 2.24) is 30.3 Å². The second-order valence-electron chi connectivity index (χ2n) is 6.24. The molecule has 1 saturated heterocycles. The van der Waals surface area contributed by atoms with E-state index in [0.717, 1.165) is 38.6 Å². The molecule has 2 amide bonds. The second kappa shape index (κ2) is 8.83. The van der Waals surface area contributed by atoms with Gasteiger partial charge in [0.1, 0.15) is 6.33 Å². The number of morpholine rings is 1. The zero-order valence-electron chi connectivity index (χ0n) is 14.3. The van der Waals surface area contributed by atoms with Gasteiger partial charge in [-0.05, 0) is 12.8 Å². The van der Waals surface area contributed by atoms with E-state index in [2.05, 4.69) is 39.6 Å². The van der Waals surface area contributed by atoms with E-state index in [1.165, 1.54) is 0 Å². The van der Waals surface area contributed by atoms with Crippen LogP contribution in [0, 0.1) is 5.92 Å². The van der Waals surface area contributed by atoms with Crippen molar-refractivity contribution in [3.63, 3.8) is 0 Å². The molecule has 1 aliphatic heterocycles. The normalized spacial score (nSPS) is 19.0. The third kappa shape index (κ3) is 5.80. The average molecular weight is 324 g/mol. The van der Waals surface area contributed by atoms with Crippen molar-refractivity contribution in [2.75, 3.05) is 32.8 Å².